The van der Waals surface area contributed by atoms with Crippen molar-refractivity contribution in [3.8, 4) is 0 Å². The summed E-state index contributed by atoms with van der Waals surface area (Å²) in [6.07, 6.45) is 10.1. The van der Waals surface area contributed by atoms with Crippen LogP contribution in [0, 0.1) is 56.2 Å². The van der Waals surface area contributed by atoms with E-state index < -0.39 is 0 Å². The molecule has 0 radical (unpaired) electrons. The molecule has 5 heteroatoms. The van der Waals surface area contributed by atoms with Crippen molar-refractivity contribution in [1.29, 1.82) is 0 Å². The quantitative estimate of drug-likeness (QED) is 0.240. The first-order chi connectivity index (χ1) is 28.8. The molecule has 5 nitrogen and oxygen atoms in total. The van der Waals surface area contributed by atoms with E-state index in [1.807, 2.05) is 0 Å². The van der Waals surface area contributed by atoms with Gasteiger partial charge in [0.1, 0.15) is 0 Å². The first-order valence-corrected chi connectivity index (χ1v) is 27.7. The van der Waals surface area contributed by atoms with Gasteiger partial charge in [0.05, 0.1) is 0 Å². The molecule has 10 aliphatic rings. The molecule has 5 saturated carbocycles. The summed E-state index contributed by atoms with van der Waals surface area (Å²) >= 11 is 0. The summed E-state index contributed by atoms with van der Waals surface area (Å²) in [4.78, 5) is 13.6. The van der Waals surface area contributed by atoms with Crippen molar-refractivity contribution in [3.63, 3.8) is 0 Å². The maximum atomic E-state index is 2.80. The van der Waals surface area contributed by atoms with Crippen LogP contribution in [0.2, 0.25) is 0 Å². The van der Waals surface area contributed by atoms with Crippen LogP contribution in [0.15, 0.2) is 0 Å². The van der Waals surface area contributed by atoms with Crippen molar-refractivity contribution in [3.05, 3.63) is 0 Å². The maximum absolute atomic E-state index is 2.80. The monoisotopic (exact) mass is 938 g/mol. The van der Waals surface area contributed by atoms with Crippen LogP contribution in [0.1, 0.15) is 254 Å². The summed E-state index contributed by atoms with van der Waals surface area (Å²) in [5, 5.41) is 0. The summed E-state index contributed by atoms with van der Waals surface area (Å²) in [6.45, 7) is 70.6. The van der Waals surface area contributed by atoms with E-state index in [2.05, 4.69) is 218 Å². The van der Waals surface area contributed by atoms with Crippen LogP contribution in [0.25, 0.3) is 0 Å². The van der Waals surface area contributed by atoms with Crippen molar-refractivity contribution in [1.82, 2.24) is 24.5 Å². The van der Waals surface area contributed by atoms with E-state index >= 15 is 0 Å². The number of hydrogen-bond donors (Lipinski definition) is 0. The van der Waals surface area contributed by atoms with E-state index in [4.69, 9.17) is 0 Å². The number of piperidine rings is 5. The topological polar surface area (TPSA) is 16.2 Å². The molecule has 0 amide bonds. The normalized spacial score (nSPS) is 43.1. The Morgan fingerprint density at radius 3 is 1.09 bits per heavy atom. The average Bonchev–Trinajstić information content (AvgIpc) is 4.05. The summed E-state index contributed by atoms with van der Waals surface area (Å²) in [5.74, 6) is 4.06. The van der Waals surface area contributed by atoms with Gasteiger partial charge in [-0.25, -0.2) is 0 Å². The Bertz CT molecular complexity index is 1630. The molecule has 15 atom stereocenters. The first-order valence-electron chi connectivity index (χ1n) is 27.7. The molecule has 0 aromatic carbocycles. The van der Waals surface area contributed by atoms with Crippen molar-refractivity contribution < 1.29 is 0 Å². The van der Waals surface area contributed by atoms with Crippen LogP contribution >= 0.6 is 0 Å². The zero-order chi connectivity index (χ0) is 49.8. The second kappa shape index (κ2) is 18.0. The molecular weight excluding hydrogens is 815 g/mol. The highest BCUT2D eigenvalue weighted by molar-refractivity contribution is 5.20. The molecule has 10 rings (SSSR count). The van der Waals surface area contributed by atoms with Gasteiger partial charge in [-0.05, 0) is 226 Å². The second-order valence-corrected chi connectivity index (χ2v) is 33.3. The van der Waals surface area contributed by atoms with E-state index in [9.17, 15) is 0 Å². The highest BCUT2D eigenvalue weighted by Gasteiger charge is 2.67. The second-order valence-electron chi connectivity index (χ2n) is 33.3. The first kappa shape index (κ1) is 59.4. The number of nitrogens with zero attached hydrogens (tertiary/aromatic N) is 5. The molecule has 0 N–H and O–H groups in total. The molecule has 0 bridgehead atoms. The van der Waals surface area contributed by atoms with E-state index in [0.717, 1.165) is 66.0 Å². The molecule has 5 aliphatic carbocycles. The molecule has 396 valence electrons. The Balaban J connectivity index is 0.000000182. The van der Waals surface area contributed by atoms with Gasteiger partial charge in [0, 0.05) is 89.6 Å². The van der Waals surface area contributed by atoms with Gasteiger partial charge in [0.15, 0.2) is 0 Å². The van der Waals surface area contributed by atoms with Crippen LogP contribution in [-0.4, -0.2) is 114 Å². The number of hydrogen-bond acceptors (Lipinski definition) is 5. The minimum atomic E-state index is 0. The van der Waals surface area contributed by atoms with E-state index in [1.165, 1.54) is 64.6 Å². The Morgan fingerprint density at radius 2 is 0.821 bits per heavy atom. The van der Waals surface area contributed by atoms with Crippen LogP contribution in [0.3, 0.4) is 0 Å². The predicted molar refractivity (Wildman–Crippen MR) is 297 cm³/mol. The smallest absolute Gasteiger partial charge is 0.0183 e. The van der Waals surface area contributed by atoms with Gasteiger partial charge in [-0.3, -0.25) is 24.5 Å². The highest BCUT2D eigenvalue weighted by Crippen LogP contribution is 2.66. The Labute approximate surface area is 422 Å². The molecule has 10 fully saturated rings. The van der Waals surface area contributed by atoms with Crippen LogP contribution < -0.4 is 0 Å². The average molecular weight is 939 g/mol. The van der Waals surface area contributed by atoms with Crippen molar-refractivity contribution in [2.45, 2.75) is 324 Å². The lowest BCUT2D eigenvalue weighted by molar-refractivity contribution is 0.0354. The summed E-state index contributed by atoms with van der Waals surface area (Å²) in [7, 11) is 0. The fourth-order valence-electron chi connectivity index (χ4n) is 15.8. The van der Waals surface area contributed by atoms with E-state index in [-0.39, 0.29) is 14.9 Å². The number of rotatable bonds is 0. The Kier molecular flexibility index (Phi) is 16.0. The lowest BCUT2D eigenvalue weighted by Crippen LogP contribution is -2.51. The zero-order valence-electron chi connectivity index (χ0n) is 49.2. The van der Waals surface area contributed by atoms with Gasteiger partial charge in [0.2, 0.25) is 0 Å². The molecule has 5 aliphatic heterocycles. The molecular formula is C62H123N5. The molecule has 5 saturated heterocycles. The molecule has 6 unspecified atom stereocenters. The SMILES string of the molecule is C.C.CC(C)(C)C1C2CC2(C)CN1C(C)(C)C.CC(C)(C)C1CC2(C)CC2N1C(C)(C)C.C[C@@H]1C[C@@]2(C)C[C@H]2N1C(C)(C)C.C[C@@H]1[C@@H]2C[C@@H]2CN1C(C)(C)C.C[C@@H]1[C@@H]2C[C@]2(C)CN1C(C)(C)C. The molecule has 0 aromatic heterocycles. The fraction of sp³-hybridized carbons (Fsp3) is 1.00. The summed E-state index contributed by atoms with van der Waals surface area (Å²) < 4.78 is 0. The molecule has 0 aromatic rings. The lowest BCUT2D eigenvalue weighted by Gasteiger charge is -2.45. The summed E-state index contributed by atoms with van der Waals surface area (Å²) in [6, 6.07) is 5.77. The van der Waals surface area contributed by atoms with Crippen LogP contribution in [0.5, 0.6) is 0 Å². The minimum absolute atomic E-state index is 0. The van der Waals surface area contributed by atoms with Crippen LogP contribution in [-0.2, 0) is 0 Å². The van der Waals surface area contributed by atoms with Crippen LogP contribution in [0.4, 0.5) is 0 Å². The lowest BCUT2D eigenvalue weighted by atomic mass is 9.81. The van der Waals surface area contributed by atoms with Crippen molar-refractivity contribution in [2.75, 3.05) is 19.6 Å². The van der Waals surface area contributed by atoms with Gasteiger partial charge in [-0.1, -0.05) is 84.1 Å². The standard InChI is InChI=1S/2C14H27N.2C11H21N.C10H19N.2CH4/c1-12(2,3)11-10-8-14(10,7)9-15(11)13(4,5)6;1-12(2,3)10-8-14(7)9-11(14)15(10)13(4,5)6;1-8-9-6-11(9,5)7-12(8)10(2,3)4;1-8-6-11(5)7-9(11)12(8)10(2,3)4;1-7-9-5-8(9)6-11(7)10(2,3)4;;/h2*10-11H,8-9H2,1-7H3;2*8-9H,6-7H2,1-5H3;7-9H,5-6H2,1-4H3;2*1H4/t;;8-,9+,11-;8-,9-,11+;7-,8-,9+;;/m..111../s1. The number of likely N-dealkylation sites (tertiary alicyclic amines) is 5. The molecule has 0 spiro atoms. The van der Waals surface area contributed by atoms with E-state index in [1.54, 1.807) is 0 Å². The third-order valence-electron chi connectivity index (χ3n) is 19.7. The molecule has 5 heterocycles. The van der Waals surface area contributed by atoms with E-state index in [0.29, 0.717) is 60.2 Å². The number of fused-ring (bicyclic) bond motifs is 5. The van der Waals surface area contributed by atoms with Gasteiger partial charge in [-0.2, -0.15) is 0 Å². The maximum Gasteiger partial charge on any atom is 0.0183 e. The van der Waals surface area contributed by atoms with Gasteiger partial charge in [-0.15, -0.1) is 0 Å². The third-order valence-corrected chi connectivity index (χ3v) is 19.7. The highest BCUT2D eigenvalue weighted by atomic mass is 15.3. The largest absolute Gasteiger partial charge is 0.295 e. The third kappa shape index (κ3) is 12.3. The van der Waals surface area contributed by atoms with Crippen molar-refractivity contribution in [2.24, 2.45) is 56.2 Å². The van der Waals surface area contributed by atoms with Gasteiger partial charge >= 0.3 is 0 Å². The minimum Gasteiger partial charge on any atom is -0.295 e. The fourth-order valence-corrected chi connectivity index (χ4v) is 15.8. The molecule has 67 heavy (non-hydrogen) atoms. The predicted octanol–water partition coefficient (Wildman–Crippen LogP) is 15.8. The Hall–Kier alpha value is -0.200. The summed E-state index contributed by atoms with van der Waals surface area (Å²) in [5.41, 5.74) is 5.30. The Morgan fingerprint density at radius 1 is 0.403 bits per heavy atom. The van der Waals surface area contributed by atoms with Crippen molar-refractivity contribution >= 4 is 0 Å². The van der Waals surface area contributed by atoms with Gasteiger partial charge in [0.25, 0.3) is 0 Å². The zero-order valence-corrected chi connectivity index (χ0v) is 49.2. The van der Waals surface area contributed by atoms with Gasteiger partial charge < -0.3 is 0 Å².